The molecule has 0 spiro atoms. The summed E-state index contributed by atoms with van der Waals surface area (Å²) in [5.74, 6) is 6.31. The zero-order chi connectivity index (χ0) is 15.2. The molecule has 0 aliphatic heterocycles. The van der Waals surface area contributed by atoms with Crippen molar-refractivity contribution in [3.05, 3.63) is 48.0 Å². The van der Waals surface area contributed by atoms with Gasteiger partial charge in [-0.25, -0.2) is 0 Å². The van der Waals surface area contributed by atoms with E-state index in [-0.39, 0.29) is 5.91 Å². The average Bonchev–Trinajstić information content (AvgIpc) is 2.54. The first-order chi connectivity index (χ1) is 10.2. The molecular weight excluding hydrogens is 270 g/mol. The molecule has 1 amide bonds. The van der Waals surface area contributed by atoms with Gasteiger partial charge in [0.2, 0.25) is 0 Å². The van der Waals surface area contributed by atoms with Crippen molar-refractivity contribution in [2.75, 3.05) is 25.0 Å². The number of anilines is 2. The highest BCUT2D eigenvalue weighted by molar-refractivity contribution is 6.08. The molecule has 0 saturated carbocycles. The zero-order valence-electron chi connectivity index (χ0n) is 11.8. The first-order valence-corrected chi connectivity index (χ1v) is 6.28. The van der Waals surface area contributed by atoms with Crippen LogP contribution in [0, 0.1) is 0 Å². The molecule has 0 fully saturated rings. The molecule has 0 bridgehead atoms. The summed E-state index contributed by atoms with van der Waals surface area (Å²) in [4.78, 5) is 12.3. The third kappa shape index (κ3) is 3.43. The number of methoxy groups -OCH3 is 2. The normalized spacial score (nSPS) is 9.86. The van der Waals surface area contributed by atoms with Gasteiger partial charge in [-0.15, -0.1) is 0 Å². The number of para-hydroxylation sites is 1. The van der Waals surface area contributed by atoms with E-state index in [1.807, 2.05) is 0 Å². The minimum Gasteiger partial charge on any atom is -0.497 e. The second-order valence-electron chi connectivity index (χ2n) is 4.25. The van der Waals surface area contributed by atoms with Crippen LogP contribution in [0.25, 0.3) is 0 Å². The number of carbonyl (C=O) groups is 1. The molecule has 110 valence electrons. The molecule has 4 N–H and O–H groups in total. The highest BCUT2D eigenvalue weighted by Gasteiger charge is 2.11. The Morgan fingerprint density at radius 2 is 1.67 bits per heavy atom. The molecule has 0 aliphatic carbocycles. The summed E-state index contributed by atoms with van der Waals surface area (Å²) in [6, 6.07) is 12.1. The number of amides is 1. The topological polar surface area (TPSA) is 85.6 Å². The smallest absolute Gasteiger partial charge is 0.257 e. The standard InChI is InChI=1S/C15H17N3O3/c1-20-11-7-10(8-12(9-11)21-2)17-15(19)13-5-3-4-6-14(13)18-16/h3-9,18H,16H2,1-2H3,(H,17,19). The molecule has 0 aromatic heterocycles. The molecule has 2 aromatic rings. The second-order valence-corrected chi connectivity index (χ2v) is 4.25. The van der Waals surface area contributed by atoms with Gasteiger partial charge in [0, 0.05) is 23.9 Å². The van der Waals surface area contributed by atoms with Crippen molar-refractivity contribution in [1.82, 2.24) is 0 Å². The summed E-state index contributed by atoms with van der Waals surface area (Å²) < 4.78 is 10.3. The first-order valence-electron chi connectivity index (χ1n) is 6.28. The van der Waals surface area contributed by atoms with Crippen molar-refractivity contribution in [1.29, 1.82) is 0 Å². The van der Waals surface area contributed by atoms with E-state index in [1.165, 1.54) is 0 Å². The predicted molar refractivity (Wildman–Crippen MR) is 81.8 cm³/mol. The monoisotopic (exact) mass is 287 g/mol. The van der Waals surface area contributed by atoms with Crippen LogP contribution in [0.2, 0.25) is 0 Å². The summed E-state index contributed by atoms with van der Waals surface area (Å²) in [5.41, 5.74) is 4.06. The van der Waals surface area contributed by atoms with E-state index in [4.69, 9.17) is 15.3 Å². The van der Waals surface area contributed by atoms with Gasteiger partial charge in [-0.2, -0.15) is 0 Å². The maximum Gasteiger partial charge on any atom is 0.257 e. The Balaban J connectivity index is 2.27. The first kappa shape index (κ1) is 14.7. The van der Waals surface area contributed by atoms with Gasteiger partial charge in [-0.3, -0.25) is 10.6 Å². The molecule has 0 atom stereocenters. The predicted octanol–water partition coefficient (Wildman–Crippen LogP) is 2.24. The Labute approximate surface area is 122 Å². The molecule has 0 saturated heterocycles. The number of benzene rings is 2. The van der Waals surface area contributed by atoms with Gasteiger partial charge in [0.25, 0.3) is 5.91 Å². The van der Waals surface area contributed by atoms with Crippen molar-refractivity contribution in [2.45, 2.75) is 0 Å². The van der Waals surface area contributed by atoms with Gasteiger partial charge >= 0.3 is 0 Å². The summed E-state index contributed by atoms with van der Waals surface area (Å²) in [7, 11) is 3.10. The quantitative estimate of drug-likeness (QED) is 0.580. The zero-order valence-corrected chi connectivity index (χ0v) is 11.8. The van der Waals surface area contributed by atoms with Crippen LogP contribution in [0.3, 0.4) is 0 Å². The third-order valence-corrected chi connectivity index (χ3v) is 2.94. The van der Waals surface area contributed by atoms with Crippen LogP contribution in [0.15, 0.2) is 42.5 Å². The largest absolute Gasteiger partial charge is 0.497 e. The van der Waals surface area contributed by atoms with Crippen molar-refractivity contribution >= 4 is 17.3 Å². The molecule has 0 heterocycles. The highest BCUT2D eigenvalue weighted by atomic mass is 16.5. The van der Waals surface area contributed by atoms with Crippen LogP contribution in [-0.4, -0.2) is 20.1 Å². The molecule has 0 unspecified atom stereocenters. The number of hydrogen-bond acceptors (Lipinski definition) is 5. The summed E-state index contributed by atoms with van der Waals surface area (Å²) >= 11 is 0. The molecule has 21 heavy (non-hydrogen) atoms. The lowest BCUT2D eigenvalue weighted by atomic mass is 10.1. The summed E-state index contributed by atoms with van der Waals surface area (Å²) in [6.07, 6.45) is 0. The van der Waals surface area contributed by atoms with E-state index >= 15 is 0 Å². The van der Waals surface area contributed by atoms with Crippen LogP contribution in [-0.2, 0) is 0 Å². The van der Waals surface area contributed by atoms with Gasteiger partial charge in [-0.1, -0.05) is 12.1 Å². The van der Waals surface area contributed by atoms with Gasteiger partial charge in [0.15, 0.2) is 0 Å². The van der Waals surface area contributed by atoms with Gasteiger partial charge in [0.1, 0.15) is 11.5 Å². The fourth-order valence-electron chi connectivity index (χ4n) is 1.89. The number of hydrazine groups is 1. The minimum atomic E-state index is -0.279. The minimum absolute atomic E-state index is 0.279. The number of hydrogen-bond donors (Lipinski definition) is 3. The number of nitrogen functional groups attached to an aromatic ring is 1. The van der Waals surface area contributed by atoms with E-state index in [2.05, 4.69) is 10.7 Å². The second kappa shape index (κ2) is 6.62. The van der Waals surface area contributed by atoms with E-state index < -0.39 is 0 Å². The fourth-order valence-corrected chi connectivity index (χ4v) is 1.89. The van der Waals surface area contributed by atoms with Gasteiger partial charge < -0.3 is 20.2 Å². The van der Waals surface area contributed by atoms with Crippen molar-refractivity contribution < 1.29 is 14.3 Å². The molecule has 6 nitrogen and oxygen atoms in total. The van der Waals surface area contributed by atoms with Gasteiger partial charge in [-0.05, 0) is 12.1 Å². The third-order valence-electron chi connectivity index (χ3n) is 2.94. The number of nitrogens with two attached hydrogens (primary N) is 1. The van der Waals surface area contributed by atoms with Crippen molar-refractivity contribution in [2.24, 2.45) is 5.84 Å². The van der Waals surface area contributed by atoms with Crippen LogP contribution < -0.4 is 26.1 Å². The molecule has 2 rings (SSSR count). The number of rotatable bonds is 5. The maximum absolute atomic E-state index is 12.3. The average molecular weight is 287 g/mol. The van der Waals surface area contributed by atoms with Crippen LogP contribution in [0.4, 0.5) is 11.4 Å². The molecule has 0 aliphatic rings. The summed E-state index contributed by atoms with van der Waals surface area (Å²) in [5, 5.41) is 2.79. The Bertz CT molecular complexity index is 622. The van der Waals surface area contributed by atoms with Crippen molar-refractivity contribution in [3.8, 4) is 11.5 Å². The Hall–Kier alpha value is -2.73. The van der Waals surface area contributed by atoms with Crippen LogP contribution in [0.5, 0.6) is 11.5 Å². The fraction of sp³-hybridized carbons (Fsp3) is 0.133. The maximum atomic E-state index is 12.3. The Kier molecular flexibility index (Phi) is 4.63. The SMILES string of the molecule is COc1cc(NC(=O)c2ccccc2NN)cc(OC)c1. The molecular formula is C15H17N3O3. The van der Waals surface area contributed by atoms with E-state index in [0.717, 1.165) is 0 Å². The lowest BCUT2D eigenvalue weighted by molar-refractivity contribution is 0.102. The van der Waals surface area contributed by atoms with Crippen LogP contribution >= 0.6 is 0 Å². The molecule has 0 radical (unpaired) electrons. The van der Waals surface area contributed by atoms with E-state index in [0.29, 0.717) is 28.4 Å². The van der Waals surface area contributed by atoms with E-state index in [9.17, 15) is 4.79 Å². The highest BCUT2D eigenvalue weighted by Crippen LogP contribution is 2.26. The van der Waals surface area contributed by atoms with Crippen molar-refractivity contribution in [3.63, 3.8) is 0 Å². The lowest BCUT2D eigenvalue weighted by Crippen LogP contribution is -2.17. The van der Waals surface area contributed by atoms with Crippen LogP contribution in [0.1, 0.15) is 10.4 Å². The number of nitrogens with one attached hydrogen (secondary N) is 2. The molecule has 2 aromatic carbocycles. The summed E-state index contributed by atoms with van der Waals surface area (Å²) in [6.45, 7) is 0. The Morgan fingerprint density at radius 3 is 2.24 bits per heavy atom. The number of carbonyl (C=O) groups excluding carboxylic acids is 1. The number of ether oxygens (including phenoxy) is 2. The van der Waals surface area contributed by atoms with Gasteiger partial charge in [0.05, 0.1) is 25.5 Å². The van der Waals surface area contributed by atoms with E-state index in [1.54, 1.807) is 56.7 Å². The Morgan fingerprint density at radius 1 is 1.05 bits per heavy atom. The molecule has 6 heteroatoms. The lowest BCUT2D eigenvalue weighted by Gasteiger charge is -2.11.